The Labute approximate surface area is 161 Å². The summed E-state index contributed by atoms with van der Waals surface area (Å²) in [6.07, 6.45) is 1.64. The zero-order valence-corrected chi connectivity index (χ0v) is 15.6. The third-order valence-corrected chi connectivity index (χ3v) is 5.07. The first-order chi connectivity index (χ1) is 12.5. The lowest BCUT2D eigenvalue weighted by Crippen LogP contribution is -3.13. The number of hydrogen-bond donors (Lipinski definition) is 1. The van der Waals surface area contributed by atoms with Crippen LogP contribution in [0.1, 0.15) is 11.1 Å². The molecule has 0 aromatic heterocycles. The highest BCUT2D eigenvalue weighted by Gasteiger charge is 2.19. The fraction of sp³-hybridized carbons (Fsp3) is 0.278. The minimum absolute atomic E-state index is 0.107. The van der Waals surface area contributed by atoms with Crippen LogP contribution in [-0.2, 0) is 6.54 Å². The second kappa shape index (κ2) is 8.49. The van der Waals surface area contributed by atoms with Crippen molar-refractivity contribution in [1.82, 2.24) is 5.01 Å². The molecule has 2 aromatic rings. The molecular weight excluding hydrogens is 375 g/mol. The molecule has 1 fully saturated rings. The summed E-state index contributed by atoms with van der Waals surface area (Å²) in [4.78, 5) is 11.9. The van der Waals surface area contributed by atoms with Gasteiger partial charge < -0.3 is 4.90 Å². The molecule has 0 spiro atoms. The van der Waals surface area contributed by atoms with E-state index in [4.69, 9.17) is 23.2 Å². The van der Waals surface area contributed by atoms with E-state index in [1.807, 2.05) is 23.2 Å². The van der Waals surface area contributed by atoms with Gasteiger partial charge in [0.2, 0.25) is 0 Å². The molecule has 1 heterocycles. The summed E-state index contributed by atoms with van der Waals surface area (Å²) in [7, 11) is 0. The topological polar surface area (TPSA) is 63.2 Å². The van der Waals surface area contributed by atoms with Crippen LogP contribution in [0.3, 0.4) is 0 Å². The lowest BCUT2D eigenvalue weighted by molar-refractivity contribution is -0.918. The van der Waals surface area contributed by atoms with Gasteiger partial charge in [0.25, 0.3) is 5.69 Å². The lowest BCUT2D eigenvalue weighted by atomic mass is 10.2. The predicted octanol–water partition coefficient (Wildman–Crippen LogP) is 2.64. The van der Waals surface area contributed by atoms with Gasteiger partial charge in [-0.15, -0.1) is 0 Å². The third kappa shape index (κ3) is 4.72. The fourth-order valence-electron chi connectivity index (χ4n) is 2.91. The quantitative estimate of drug-likeness (QED) is 0.482. The largest absolute Gasteiger partial charge is 0.328 e. The standard InChI is InChI=1S/C18H18Cl2N4O2/c19-16-4-2-1-3-15(16)13-22-7-9-23(10-8-22)21-12-14-5-6-17(20)18(11-14)24(25)26/h1-6,11-12H,7-10,13H2/p+1. The number of hydrazone groups is 1. The van der Waals surface area contributed by atoms with Gasteiger partial charge in [0.1, 0.15) is 11.6 Å². The van der Waals surface area contributed by atoms with Gasteiger partial charge in [0.15, 0.2) is 0 Å². The van der Waals surface area contributed by atoms with Gasteiger partial charge in [0, 0.05) is 22.2 Å². The van der Waals surface area contributed by atoms with Crippen LogP contribution in [0.25, 0.3) is 0 Å². The lowest BCUT2D eigenvalue weighted by Gasteiger charge is -2.30. The minimum Gasteiger partial charge on any atom is -0.328 e. The number of hydrogen-bond acceptors (Lipinski definition) is 4. The van der Waals surface area contributed by atoms with Crippen LogP contribution in [0, 0.1) is 10.1 Å². The maximum absolute atomic E-state index is 10.9. The summed E-state index contributed by atoms with van der Waals surface area (Å²) < 4.78 is 0. The van der Waals surface area contributed by atoms with Crippen LogP contribution < -0.4 is 4.90 Å². The molecule has 0 atom stereocenters. The van der Waals surface area contributed by atoms with Crippen molar-refractivity contribution in [3.8, 4) is 0 Å². The van der Waals surface area contributed by atoms with Crippen LogP contribution in [0.5, 0.6) is 0 Å². The Bertz CT molecular complexity index is 821. The number of nitro benzene ring substituents is 1. The van der Waals surface area contributed by atoms with E-state index < -0.39 is 4.92 Å². The summed E-state index contributed by atoms with van der Waals surface area (Å²) in [6.45, 7) is 4.48. The predicted molar refractivity (Wildman–Crippen MR) is 103 cm³/mol. The molecule has 0 unspecified atom stereocenters. The Kier molecular flexibility index (Phi) is 6.08. The third-order valence-electron chi connectivity index (χ3n) is 4.38. The van der Waals surface area contributed by atoms with Crippen molar-refractivity contribution in [2.75, 3.05) is 26.2 Å². The van der Waals surface area contributed by atoms with Gasteiger partial charge >= 0.3 is 0 Å². The summed E-state index contributed by atoms with van der Waals surface area (Å²) >= 11 is 12.1. The van der Waals surface area contributed by atoms with E-state index in [0.717, 1.165) is 43.3 Å². The molecule has 2 aromatic carbocycles. The van der Waals surface area contributed by atoms with Crippen molar-refractivity contribution in [3.63, 3.8) is 0 Å². The normalized spacial score (nSPS) is 15.5. The molecule has 136 valence electrons. The van der Waals surface area contributed by atoms with Gasteiger partial charge in [-0.2, -0.15) is 5.10 Å². The fourth-order valence-corrected chi connectivity index (χ4v) is 3.30. The van der Waals surface area contributed by atoms with Crippen molar-refractivity contribution in [3.05, 3.63) is 73.8 Å². The monoisotopic (exact) mass is 393 g/mol. The molecule has 0 bridgehead atoms. The van der Waals surface area contributed by atoms with E-state index >= 15 is 0 Å². The molecule has 0 radical (unpaired) electrons. The van der Waals surface area contributed by atoms with Crippen molar-refractivity contribution < 1.29 is 9.82 Å². The van der Waals surface area contributed by atoms with Gasteiger partial charge in [-0.05, 0) is 12.1 Å². The van der Waals surface area contributed by atoms with E-state index in [-0.39, 0.29) is 10.7 Å². The molecule has 6 nitrogen and oxygen atoms in total. The van der Waals surface area contributed by atoms with Crippen molar-refractivity contribution >= 4 is 35.1 Å². The summed E-state index contributed by atoms with van der Waals surface area (Å²) in [5, 5.41) is 18.3. The summed E-state index contributed by atoms with van der Waals surface area (Å²) in [6, 6.07) is 12.6. The molecule has 1 N–H and O–H groups in total. The molecule has 26 heavy (non-hydrogen) atoms. The minimum atomic E-state index is -0.490. The van der Waals surface area contributed by atoms with Crippen molar-refractivity contribution in [2.45, 2.75) is 6.54 Å². The number of piperazine rings is 1. The number of halogens is 2. The van der Waals surface area contributed by atoms with E-state index in [2.05, 4.69) is 11.2 Å². The molecule has 1 saturated heterocycles. The summed E-state index contributed by atoms with van der Waals surface area (Å²) in [5.41, 5.74) is 1.71. The van der Waals surface area contributed by atoms with Crippen LogP contribution in [0.4, 0.5) is 5.69 Å². The van der Waals surface area contributed by atoms with Crippen molar-refractivity contribution in [1.29, 1.82) is 0 Å². The van der Waals surface area contributed by atoms with Gasteiger partial charge in [-0.1, -0.05) is 47.5 Å². The van der Waals surface area contributed by atoms with Crippen LogP contribution >= 0.6 is 23.2 Å². The smallest absolute Gasteiger partial charge is 0.288 e. The molecule has 1 aliphatic rings. The number of rotatable bonds is 5. The number of nitro groups is 1. The second-order valence-corrected chi connectivity index (χ2v) is 7.00. The first-order valence-corrected chi connectivity index (χ1v) is 9.08. The van der Waals surface area contributed by atoms with Crippen molar-refractivity contribution in [2.24, 2.45) is 5.10 Å². The van der Waals surface area contributed by atoms with Gasteiger partial charge in [-0.25, -0.2) is 0 Å². The average molecular weight is 394 g/mol. The van der Waals surface area contributed by atoms with E-state index in [0.29, 0.717) is 5.56 Å². The number of nitrogens with zero attached hydrogens (tertiary/aromatic N) is 3. The van der Waals surface area contributed by atoms with E-state index in [9.17, 15) is 10.1 Å². The number of quaternary nitrogens is 1. The van der Waals surface area contributed by atoms with Crippen LogP contribution in [0.2, 0.25) is 10.0 Å². The zero-order chi connectivity index (χ0) is 18.5. The SMILES string of the molecule is O=[N+]([O-])c1cc(C=NN2CC[NH+](Cc3ccccc3Cl)CC2)ccc1Cl. The second-order valence-electron chi connectivity index (χ2n) is 6.18. The number of nitrogens with one attached hydrogen (secondary N) is 1. The highest BCUT2D eigenvalue weighted by atomic mass is 35.5. The van der Waals surface area contributed by atoms with E-state index in [1.54, 1.807) is 12.3 Å². The molecular formula is C18H19Cl2N4O2+. The zero-order valence-electron chi connectivity index (χ0n) is 14.1. The van der Waals surface area contributed by atoms with Gasteiger partial charge in [-0.3, -0.25) is 15.1 Å². The Balaban J connectivity index is 1.55. The first-order valence-electron chi connectivity index (χ1n) is 8.33. The highest BCUT2D eigenvalue weighted by Crippen LogP contribution is 2.24. The Hall–Kier alpha value is -2.15. The molecule has 3 rings (SSSR count). The Morgan fingerprint density at radius 1 is 1.15 bits per heavy atom. The van der Waals surface area contributed by atoms with Crippen LogP contribution in [0.15, 0.2) is 47.6 Å². The average Bonchev–Trinajstić information content (AvgIpc) is 2.64. The molecule has 8 heteroatoms. The molecule has 0 aliphatic carbocycles. The summed E-state index contributed by atoms with van der Waals surface area (Å²) in [5.74, 6) is 0. The number of benzene rings is 2. The Morgan fingerprint density at radius 3 is 2.58 bits per heavy atom. The van der Waals surface area contributed by atoms with Crippen LogP contribution in [-0.4, -0.2) is 42.3 Å². The maximum atomic E-state index is 10.9. The first kappa shape index (κ1) is 18.6. The molecule has 0 saturated carbocycles. The highest BCUT2D eigenvalue weighted by molar-refractivity contribution is 6.32. The maximum Gasteiger partial charge on any atom is 0.288 e. The molecule has 0 amide bonds. The Morgan fingerprint density at radius 2 is 1.88 bits per heavy atom. The van der Waals surface area contributed by atoms with E-state index in [1.165, 1.54) is 17.0 Å². The van der Waals surface area contributed by atoms with Gasteiger partial charge in [0.05, 0.1) is 37.3 Å². The molecule has 1 aliphatic heterocycles.